The summed E-state index contributed by atoms with van der Waals surface area (Å²) in [4.78, 5) is 31.4. The van der Waals surface area contributed by atoms with Crippen LogP contribution in [0.4, 0.5) is 24.8 Å². The van der Waals surface area contributed by atoms with Crippen LogP contribution in [0.1, 0.15) is 11.3 Å². The smallest absolute Gasteiger partial charge is 0.387 e. The average Bonchev–Trinajstić information content (AvgIpc) is 3.23. The topological polar surface area (TPSA) is 111 Å². The van der Waals surface area contributed by atoms with Gasteiger partial charge in [-0.1, -0.05) is 11.6 Å². The maximum absolute atomic E-state index is 13.3. The molecule has 0 spiro atoms. The van der Waals surface area contributed by atoms with Gasteiger partial charge in [-0.2, -0.15) is 13.2 Å². The number of nitrogens with zero attached hydrogens (tertiary/aromatic N) is 5. The first kappa shape index (κ1) is 23.0. The molecule has 9 nitrogen and oxygen atoms in total. The van der Waals surface area contributed by atoms with E-state index >= 15 is 0 Å². The van der Waals surface area contributed by atoms with Crippen molar-refractivity contribution in [3.05, 3.63) is 52.8 Å². The van der Waals surface area contributed by atoms with Crippen LogP contribution >= 0.6 is 11.6 Å². The number of aliphatic hydroxyl groups excluding tert-OH is 2. The van der Waals surface area contributed by atoms with Crippen molar-refractivity contribution < 1.29 is 33.0 Å². The molecule has 0 aromatic carbocycles. The minimum absolute atomic E-state index is 0.0698. The highest BCUT2D eigenvalue weighted by atomic mass is 35.5. The summed E-state index contributed by atoms with van der Waals surface area (Å²) in [5.74, 6) is -2.46. The van der Waals surface area contributed by atoms with Gasteiger partial charge in [-0.25, -0.2) is 9.50 Å². The molecule has 4 rings (SSSR count). The molecule has 3 aromatic rings. The zero-order valence-electron chi connectivity index (χ0n) is 17.2. The lowest BCUT2D eigenvalue weighted by atomic mass is 10.1. The summed E-state index contributed by atoms with van der Waals surface area (Å²) in [5.41, 5.74) is -0.595. The molecule has 3 aromatic heterocycles. The molecule has 4 heterocycles. The van der Waals surface area contributed by atoms with Crippen molar-refractivity contribution in [1.82, 2.24) is 14.6 Å². The SMILES string of the molecule is Cc1cc(C(F)(F)F)cc(N2C(=O)[C@@H](O)[C@@H](O)[C@H]2C(=O)N(C)c2ccc3c(Cl)ccn3n2)n1. The molecule has 1 aliphatic rings. The van der Waals surface area contributed by atoms with Crippen LogP contribution in [0.25, 0.3) is 5.52 Å². The van der Waals surface area contributed by atoms with Crippen molar-refractivity contribution in [1.29, 1.82) is 0 Å². The van der Waals surface area contributed by atoms with E-state index in [2.05, 4.69) is 10.1 Å². The molecule has 1 fully saturated rings. The third-order valence-corrected chi connectivity index (χ3v) is 5.63. The molecule has 33 heavy (non-hydrogen) atoms. The number of carbonyl (C=O) groups is 2. The van der Waals surface area contributed by atoms with E-state index in [4.69, 9.17) is 11.6 Å². The molecule has 0 unspecified atom stereocenters. The van der Waals surface area contributed by atoms with Gasteiger partial charge in [-0.15, -0.1) is 5.10 Å². The van der Waals surface area contributed by atoms with Gasteiger partial charge in [0, 0.05) is 18.9 Å². The minimum atomic E-state index is -4.74. The van der Waals surface area contributed by atoms with Gasteiger partial charge in [-0.05, 0) is 37.3 Å². The van der Waals surface area contributed by atoms with Gasteiger partial charge in [0.1, 0.15) is 18.0 Å². The number of aromatic nitrogens is 3. The Bertz CT molecular complexity index is 1260. The number of rotatable bonds is 3. The van der Waals surface area contributed by atoms with Gasteiger partial charge in [0.05, 0.1) is 16.1 Å². The van der Waals surface area contributed by atoms with Crippen LogP contribution < -0.4 is 9.80 Å². The highest BCUT2D eigenvalue weighted by molar-refractivity contribution is 6.33. The van der Waals surface area contributed by atoms with Crippen LogP contribution in [-0.2, 0) is 15.8 Å². The Hall–Kier alpha value is -3.22. The van der Waals surface area contributed by atoms with Crippen LogP contribution in [0.5, 0.6) is 0 Å². The van der Waals surface area contributed by atoms with Gasteiger partial charge in [0.25, 0.3) is 11.8 Å². The van der Waals surface area contributed by atoms with Crippen LogP contribution in [0.15, 0.2) is 36.5 Å². The summed E-state index contributed by atoms with van der Waals surface area (Å²) in [6, 6.07) is 4.28. The molecule has 2 N–H and O–H groups in total. The summed E-state index contributed by atoms with van der Waals surface area (Å²) >= 11 is 6.03. The summed E-state index contributed by atoms with van der Waals surface area (Å²) in [6.45, 7) is 1.29. The third kappa shape index (κ3) is 3.90. The van der Waals surface area contributed by atoms with Crippen LogP contribution in [0.2, 0.25) is 5.02 Å². The fraction of sp³-hybridized carbons (Fsp3) is 0.300. The van der Waals surface area contributed by atoms with Gasteiger partial charge in [0.15, 0.2) is 11.9 Å². The highest BCUT2D eigenvalue weighted by Gasteiger charge is 2.53. The molecule has 1 aliphatic heterocycles. The van der Waals surface area contributed by atoms with E-state index in [1.165, 1.54) is 24.6 Å². The number of pyridine rings is 1. The Morgan fingerprint density at radius 1 is 1.21 bits per heavy atom. The first-order valence-electron chi connectivity index (χ1n) is 9.56. The number of halogens is 4. The Balaban J connectivity index is 1.74. The molecular weight excluding hydrogens is 467 g/mol. The maximum atomic E-state index is 13.3. The second-order valence-corrected chi connectivity index (χ2v) is 7.93. The second kappa shape index (κ2) is 7.97. The van der Waals surface area contributed by atoms with E-state index in [1.54, 1.807) is 18.3 Å². The van der Waals surface area contributed by atoms with E-state index in [0.717, 1.165) is 11.0 Å². The fourth-order valence-electron chi connectivity index (χ4n) is 3.64. The predicted molar refractivity (Wildman–Crippen MR) is 111 cm³/mol. The Kier molecular flexibility index (Phi) is 5.55. The van der Waals surface area contributed by atoms with Crippen molar-refractivity contribution in [2.45, 2.75) is 31.3 Å². The van der Waals surface area contributed by atoms with Crippen LogP contribution in [0.3, 0.4) is 0 Å². The van der Waals surface area contributed by atoms with Gasteiger partial charge in [0.2, 0.25) is 0 Å². The van der Waals surface area contributed by atoms with E-state index in [9.17, 15) is 33.0 Å². The number of likely N-dealkylation sites (N-methyl/N-ethyl adjacent to an activating group) is 1. The highest BCUT2D eigenvalue weighted by Crippen LogP contribution is 2.34. The number of aryl methyl sites for hydroxylation is 1. The van der Waals surface area contributed by atoms with Gasteiger partial charge >= 0.3 is 6.18 Å². The molecule has 13 heteroatoms. The number of hydrogen-bond donors (Lipinski definition) is 2. The van der Waals surface area contributed by atoms with E-state index in [0.29, 0.717) is 21.5 Å². The first-order valence-corrected chi connectivity index (χ1v) is 9.94. The van der Waals surface area contributed by atoms with Crippen molar-refractivity contribution in [3.63, 3.8) is 0 Å². The number of fused-ring (bicyclic) bond motifs is 1. The Morgan fingerprint density at radius 2 is 1.91 bits per heavy atom. The van der Waals surface area contributed by atoms with Gasteiger partial charge in [-0.3, -0.25) is 19.4 Å². The number of amides is 2. The molecule has 0 radical (unpaired) electrons. The average molecular weight is 484 g/mol. The maximum Gasteiger partial charge on any atom is 0.416 e. The zero-order chi connectivity index (χ0) is 24.2. The molecule has 2 amide bonds. The number of anilines is 2. The Labute approximate surface area is 189 Å². The lowest BCUT2D eigenvalue weighted by Gasteiger charge is -2.28. The molecule has 174 valence electrons. The summed E-state index contributed by atoms with van der Waals surface area (Å²) in [7, 11) is 1.31. The molecule has 0 bridgehead atoms. The summed E-state index contributed by atoms with van der Waals surface area (Å²) < 4.78 is 41.3. The van der Waals surface area contributed by atoms with Crippen LogP contribution in [-0.4, -0.2) is 61.9 Å². The standard InChI is InChI=1S/C20H17ClF3N5O4/c1-9-7-10(20(22,23)24)8-14(25-9)29-15(16(30)17(31)19(29)33)18(32)27(2)13-4-3-12-11(21)5-6-28(12)26-13/h3-8,15-17,30-31H,1-2H3/t15-,16-,17-/m0/s1. The number of aliphatic hydroxyl groups is 2. The third-order valence-electron chi connectivity index (χ3n) is 5.31. The lowest BCUT2D eigenvalue weighted by Crippen LogP contribution is -2.50. The second-order valence-electron chi connectivity index (χ2n) is 7.52. The molecule has 0 aliphatic carbocycles. The normalized spacial score (nSPS) is 21.2. The van der Waals surface area contributed by atoms with E-state index in [-0.39, 0.29) is 11.5 Å². The molecule has 0 saturated carbocycles. The van der Waals surface area contributed by atoms with Crippen molar-refractivity contribution in [2.24, 2.45) is 0 Å². The minimum Gasteiger partial charge on any atom is -0.387 e. The summed E-state index contributed by atoms with van der Waals surface area (Å²) in [6.07, 6.45) is -7.12. The van der Waals surface area contributed by atoms with E-state index in [1.807, 2.05) is 0 Å². The fourth-order valence-corrected chi connectivity index (χ4v) is 3.85. The zero-order valence-corrected chi connectivity index (χ0v) is 17.9. The van der Waals surface area contributed by atoms with Crippen LogP contribution in [0, 0.1) is 6.92 Å². The molecular formula is C20H17ClF3N5O4. The summed E-state index contributed by atoms with van der Waals surface area (Å²) in [5, 5.41) is 25.2. The Morgan fingerprint density at radius 3 is 2.58 bits per heavy atom. The lowest BCUT2D eigenvalue weighted by molar-refractivity contribution is -0.137. The predicted octanol–water partition coefficient (Wildman–Crippen LogP) is 1.81. The molecule has 3 atom stereocenters. The first-order chi connectivity index (χ1) is 15.4. The van der Waals surface area contributed by atoms with Gasteiger partial charge < -0.3 is 10.2 Å². The molecule has 1 saturated heterocycles. The number of hydrogen-bond acceptors (Lipinski definition) is 6. The van der Waals surface area contributed by atoms with Crippen molar-refractivity contribution in [2.75, 3.05) is 16.8 Å². The largest absolute Gasteiger partial charge is 0.416 e. The van der Waals surface area contributed by atoms with Crippen molar-refractivity contribution in [3.8, 4) is 0 Å². The van der Waals surface area contributed by atoms with E-state index < -0.39 is 47.6 Å². The van der Waals surface area contributed by atoms with Crippen molar-refractivity contribution >= 4 is 40.6 Å². The number of alkyl halides is 3. The quantitative estimate of drug-likeness (QED) is 0.588. The number of carbonyl (C=O) groups excluding carboxylic acids is 2. The monoisotopic (exact) mass is 483 g/mol.